The van der Waals surface area contributed by atoms with Gasteiger partial charge in [-0.2, -0.15) is 0 Å². The van der Waals surface area contributed by atoms with E-state index in [0.29, 0.717) is 0 Å². The maximum absolute atomic E-state index is 5.75. The van der Waals surface area contributed by atoms with Crippen LogP contribution in [-0.4, -0.2) is 16.5 Å². The first-order chi connectivity index (χ1) is 9.13. The predicted molar refractivity (Wildman–Crippen MR) is 76.2 cm³/mol. The molecular weight excluding hydrogens is 238 g/mol. The van der Waals surface area contributed by atoms with E-state index in [-0.39, 0.29) is 6.04 Å². The van der Waals surface area contributed by atoms with E-state index >= 15 is 0 Å². The molecule has 104 valence electrons. The molecule has 0 radical (unpaired) electrons. The van der Waals surface area contributed by atoms with Crippen LogP contribution in [0.15, 0.2) is 16.8 Å². The van der Waals surface area contributed by atoms with Crippen LogP contribution in [0.25, 0.3) is 0 Å². The molecule has 2 aromatic rings. The Kier molecular flexibility index (Phi) is 4.43. The molecule has 2 N–H and O–H groups in total. The topological polar surface area (TPSA) is 53.9 Å². The van der Waals surface area contributed by atoms with E-state index in [1.54, 1.807) is 6.20 Å². The average molecular weight is 261 g/mol. The number of nitrogens with zero attached hydrogens (tertiary/aromatic N) is 1. The van der Waals surface area contributed by atoms with E-state index in [0.717, 1.165) is 36.7 Å². The lowest BCUT2D eigenvalue weighted by Crippen LogP contribution is -2.25. The number of aromatic nitrogens is 2. The Labute approximate surface area is 114 Å². The van der Waals surface area contributed by atoms with Gasteiger partial charge in [0.1, 0.15) is 17.3 Å². The Morgan fingerprint density at radius 3 is 2.63 bits per heavy atom. The van der Waals surface area contributed by atoms with Gasteiger partial charge in [-0.25, -0.2) is 4.98 Å². The molecule has 0 amide bonds. The Morgan fingerprint density at radius 1 is 1.32 bits per heavy atom. The normalized spacial score (nSPS) is 12.8. The Balaban J connectivity index is 2.25. The summed E-state index contributed by atoms with van der Waals surface area (Å²) >= 11 is 0. The standard InChI is InChI=1S/C15H23N3O/c1-5-6-16-13(9-14-17-7-8-18-14)15-10(2)11(3)19-12(15)4/h7-8,13,16H,5-6,9H2,1-4H3,(H,17,18). The maximum atomic E-state index is 5.75. The van der Waals surface area contributed by atoms with Crippen molar-refractivity contribution in [3.63, 3.8) is 0 Å². The number of H-pyrrole nitrogens is 1. The van der Waals surface area contributed by atoms with Crippen molar-refractivity contribution in [3.05, 3.63) is 40.9 Å². The van der Waals surface area contributed by atoms with Crippen molar-refractivity contribution in [1.82, 2.24) is 15.3 Å². The molecule has 0 fully saturated rings. The van der Waals surface area contributed by atoms with Gasteiger partial charge in [-0.3, -0.25) is 0 Å². The molecule has 0 aliphatic heterocycles. The summed E-state index contributed by atoms with van der Waals surface area (Å²) < 4.78 is 5.75. The quantitative estimate of drug-likeness (QED) is 0.839. The fourth-order valence-electron chi connectivity index (χ4n) is 2.52. The van der Waals surface area contributed by atoms with Crippen LogP contribution in [0.2, 0.25) is 0 Å². The second-order valence-corrected chi connectivity index (χ2v) is 5.00. The molecule has 2 heterocycles. The van der Waals surface area contributed by atoms with Crippen molar-refractivity contribution in [2.45, 2.75) is 46.6 Å². The minimum atomic E-state index is 0.253. The van der Waals surface area contributed by atoms with E-state index in [1.807, 2.05) is 20.0 Å². The van der Waals surface area contributed by atoms with Gasteiger partial charge in [-0.15, -0.1) is 0 Å². The first-order valence-electron chi connectivity index (χ1n) is 6.91. The molecule has 4 nitrogen and oxygen atoms in total. The van der Waals surface area contributed by atoms with Crippen molar-refractivity contribution < 1.29 is 4.42 Å². The van der Waals surface area contributed by atoms with E-state index in [9.17, 15) is 0 Å². The highest BCUT2D eigenvalue weighted by Gasteiger charge is 2.21. The van der Waals surface area contributed by atoms with Crippen LogP contribution < -0.4 is 5.32 Å². The number of hydrogen-bond acceptors (Lipinski definition) is 3. The van der Waals surface area contributed by atoms with Gasteiger partial charge in [0.25, 0.3) is 0 Å². The van der Waals surface area contributed by atoms with Crippen molar-refractivity contribution >= 4 is 0 Å². The van der Waals surface area contributed by atoms with Gasteiger partial charge in [0.15, 0.2) is 0 Å². The summed E-state index contributed by atoms with van der Waals surface area (Å²) in [6.07, 6.45) is 5.64. The van der Waals surface area contributed by atoms with Gasteiger partial charge < -0.3 is 14.7 Å². The van der Waals surface area contributed by atoms with Gasteiger partial charge in [0, 0.05) is 30.4 Å². The van der Waals surface area contributed by atoms with Gasteiger partial charge >= 0.3 is 0 Å². The van der Waals surface area contributed by atoms with Gasteiger partial charge in [-0.05, 0) is 39.3 Å². The first-order valence-corrected chi connectivity index (χ1v) is 6.91. The summed E-state index contributed by atoms with van der Waals surface area (Å²) in [7, 11) is 0. The molecule has 1 unspecified atom stereocenters. The fraction of sp³-hybridized carbons (Fsp3) is 0.533. The van der Waals surface area contributed by atoms with E-state index < -0.39 is 0 Å². The highest BCUT2D eigenvalue weighted by molar-refractivity contribution is 5.34. The maximum Gasteiger partial charge on any atom is 0.107 e. The lowest BCUT2D eigenvalue weighted by Gasteiger charge is -2.18. The zero-order valence-electron chi connectivity index (χ0n) is 12.2. The van der Waals surface area contributed by atoms with E-state index in [4.69, 9.17) is 4.42 Å². The SMILES string of the molecule is CCCNC(Cc1ncc[nH]1)c1c(C)oc(C)c1C. The van der Waals surface area contributed by atoms with Crippen LogP contribution in [0.4, 0.5) is 0 Å². The van der Waals surface area contributed by atoms with Crippen molar-refractivity contribution in [3.8, 4) is 0 Å². The smallest absolute Gasteiger partial charge is 0.107 e. The average Bonchev–Trinajstić information content (AvgIpc) is 2.95. The van der Waals surface area contributed by atoms with Crippen LogP contribution in [-0.2, 0) is 6.42 Å². The number of furan rings is 1. The van der Waals surface area contributed by atoms with Crippen LogP contribution in [0.5, 0.6) is 0 Å². The molecule has 0 aliphatic carbocycles. The Hall–Kier alpha value is -1.55. The summed E-state index contributed by atoms with van der Waals surface area (Å²) in [6, 6.07) is 0.253. The zero-order valence-corrected chi connectivity index (χ0v) is 12.2. The summed E-state index contributed by atoms with van der Waals surface area (Å²) in [5.41, 5.74) is 2.53. The largest absolute Gasteiger partial charge is 0.466 e. The third kappa shape index (κ3) is 3.07. The molecule has 0 spiro atoms. The van der Waals surface area contributed by atoms with E-state index in [2.05, 4.69) is 29.1 Å². The highest BCUT2D eigenvalue weighted by Crippen LogP contribution is 2.28. The molecule has 2 rings (SSSR count). The molecule has 0 aromatic carbocycles. The third-order valence-electron chi connectivity index (χ3n) is 3.56. The second kappa shape index (κ2) is 6.06. The Morgan fingerprint density at radius 2 is 2.11 bits per heavy atom. The van der Waals surface area contributed by atoms with Gasteiger partial charge in [0.2, 0.25) is 0 Å². The highest BCUT2D eigenvalue weighted by atomic mass is 16.3. The number of aryl methyl sites for hydroxylation is 2. The number of hydrogen-bond donors (Lipinski definition) is 2. The van der Waals surface area contributed by atoms with Gasteiger partial charge in [0.05, 0.1) is 0 Å². The predicted octanol–water partition coefficient (Wildman–Crippen LogP) is 3.21. The third-order valence-corrected chi connectivity index (χ3v) is 3.56. The lowest BCUT2D eigenvalue weighted by atomic mass is 9.99. The molecule has 2 aromatic heterocycles. The fourth-order valence-corrected chi connectivity index (χ4v) is 2.52. The van der Waals surface area contributed by atoms with Crippen molar-refractivity contribution in [1.29, 1.82) is 0 Å². The summed E-state index contributed by atoms with van der Waals surface area (Å²) in [4.78, 5) is 7.51. The van der Waals surface area contributed by atoms with Crippen molar-refractivity contribution in [2.24, 2.45) is 0 Å². The number of nitrogens with one attached hydrogen (secondary N) is 2. The molecule has 0 saturated carbocycles. The van der Waals surface area contributed by atoms with Crippen LogP contribution >= 0.6 is 0 Å². The minimum Gasteiger partial charge on any atom is -0.466 e. The molecule has 4 heteroatoms. The Bertz CT molecular complexity index is 514. The molecule has 0 saturated heterocycles. The number of aromatic amines is 1. The minimum absolute atomic E-state index is 0.253. The second-order valence-electron chi connectivity index (χ2n) is 5.00. The van der Waals surface area contributed by atoms with E-state index in [1.165, 1.54) is 11.1 Å². The summed E-state index contributed by atoms with van der Waals surface area (Å²) in [5, 5.41) is 3.60. The first kappa shape index (κ1) is 13.9. The lowest BCUT2D eigenvalue weighted by molar-refractivity contribution is 0.477. The molecular formula is C15H23N3O. The molecule has 0 aliphatic rings. The summed E-state index contributed by atoms with van der Waals surface area (Å²) in [6.45, 7) is 9.36. The van der Waals surface area contributed by atoms with Crippen LogP contribution in [0.1, 0.15) is 47.9 Å². The summed E-state index contributed by atoms with van der Waals surface area (Å²) in [5.74, 6) is 3.02. The molecule has 1 atom stereocenters. The van der Waals surface area contributed by atoms with Crippen LogP contribution in [0, 0.1) is 20.8 Å². The van der Waals surface area contributed by atoms with Gasteiger partial charge in [-0.1, -0.05) is 6.92 Å². The number of imidazole rings is 1. The zero-order chi connectivity index (χ0) is 13.8. The molecule has 19 heavy (non-hydrogen) atoms. The molecule has 0 bridgehead atoms. The van der Waals surface area contributed by atoms with Crippen LogP contribution in [0.3, 0.4) is 0 Å². The monoisotopic (exact) mass is 261 g/mol. The number of rotatable bonds is 6. The van der Waals surface area contributed by atoms with Crippen molar-refractivity contribution in [2.75, 3.05) is 6.54 Å².